The van der Waals surface area contributed by atoms with E-state index in [2.05, 4.69) is 0 Å². The van der Waals surface area contributed by atoms with E-state index in [1.165, 1.54) is 22.3 Å². The van der Waals surface area contributed by atoms with Gasteiger partial charge in [0.1, 0.15) is 10.6 Å². The number of fused-ring (bicyclic) bond motifs is 1. The van der Waals surface area contributed by atoms with Gasteiger partial charge in [0.05, 0.1) is 4.70 Å². The van der Waals surface area contributed by atoms with E-state index >= 15 is 0 Å². The second-order valence-corrected chi connectivity index (χ2v) is 6.16. The molecule has 0 aliphatic carbocycles. The molecule has 7 nitrogen and oxygen atoms in total. The highest BCUT2D eigenvalue weighted by molar-refractivity contribution is 7.22. The maximum atomic E-state index is 12.3. The fourth-order valence-electron chi connectivity index (χ4n) is 2.43. The third kappa shape index (κ3) is 2.45. The lowest BCUT2D eigenvalue weighted by Crippen LogP contribution is -2.39. The average molecular weight is 322 g/mol. The average Bonchev–Trinajstić information content (AvgIpc) is 3.13. The van der Waals surface area contributed by atoms with Crippen molar-refractivity contribution in [2.45, 2.75) is 12.8 Å². The molecule has 1 aliphatic heterocycles. The zero-order chi connectivity index (χ0) is 15.9. The molecule has 2 aromatic heterocycles. The molecule has 3 rings (SSSR count). The number of thiophene rings is 1. The smallest absolute Gasteiger partial charge is 0.351 e. The number of aromatic carboxylic acids is 1. The molecule has 0 bridgehead atoms. The van der Waals surface area contributed by atoms with Crippen molar-refractivity contribution in [2.24, 2.45) is 0 Å². The number of carboxylic acids is 1. The Labute approximate surface area is 129 Å². The van der Waals surface area contributed by atoms with Crippen molar-refractivity contribution in [3.8, 4) is 0 Å². The molecule has 0 aromatic carbocycles. The molecule has 0 unspecified atom stereocenters. The highest BCUT2D eigenvalue weighted by Gasteiger charge is 2.24. The first kappa shape index (κ1) is 14.6. The Morgan fingerprint density at radius 3 is 2.64 bits per heavy atom. The summed E-state index contributed by atoms with van der Waals surface area (Å²) in [4.78, 5) is 38.1. The van der Waals surface area contributed by atoms with Crippen LogP contribution in [0.3, 0.4) is 0 Å². The van der Waals surface area contributed by atoms with Crippen LogP contribution in [0.1, 0.15) is 23.2 Å². The predicted octanol–water partition coefficient (Wildman–Crippen LogP) is 2.20. The minimum absolute atomic E-state index is 0.107. The molecule has 0 atom stereocenters. The van der Waals surface area contributed by atoms with Gasteiger partial charge in [0, 0.05) is 26.2 Å². The summed E-state index contributed by atoms with van der Waals surface area (Å²) in [6.07, 6.45) is 2.01. The summed E-state index contributed by atoms with van der Waals surface area (Å²) in [5.74, 6) is -1.33. The number of carboxylic acid groups (broad SMARTS) is 1. The van der Waals surface area contributed by atoms with Crippen LogP contribution in [0.5, 0.6) is 0 Å². The first-order valence-corrected chi connectivity index (χ1v) is 7.62. The van der Waals surface area contributed by atoms with Crippen molar-refractivity contribution < 1.29 is 19.1 Å². The largest absolute Gasteiger partial charge is 0.477 e. The minimum Gasteiger partial charge on any atom is -0.477 e. The summed E-state index contributed by atoms with van der Waals surface area (Å²) in [5, 5.41) is 9.56. The van der Waals surface area contributed by atoms with E-state index in [1.54, 1.807) is 18.0 Å². The molecule has 0 spiro atoms. The van der Waals surface area contributed by atoms with Crippen LogP contribution in [0.25, 0.3) is 10.3 Å². The summed E-state index contributed by atoms with van der Waals surface area (Å²) >= 11 is 1.22. The van der Waals surface area contributed by atoms with Gasteiger partial charge in [0.25, 0.3) is 0 Å². The van der Waals surface area contributed by atoms with Gasteiger partial charge in [-0.3, -0.25) is 4.90 Å². The van der Waals surface area contributed by atoms with Crippen LogP contribution in [0.2, 0.25) is 0 Å². The molecule has 0 saturated carbocycles. The van der Waals surface area contributed by atoms with E-state index in [-0.39, 0.29) is 11.6 Å². The molecule has 2 aromatic rings. The summed E-state index contributed by atoms with van der Waals surface area (Å²) < 4.78 is 5.53. The number of hydrogen-bond donors (Lipinski definition) is 1. The number of likely N-dealkylation sites (tertiary alicyclic amines) is 1. The summed E-state index contributed by atoms with van der Waals surface area (Å²) in [5.41, 5.74) is -1.01. The zero-order valence-electron chi connectivity index (χ0n) is 11.9. The SMILES string of the molecule is CN(C(=O)N1CCCC1)c1cc2oc(=O)c(C(=O)O)cc2s1. The molecule has 1 saturated heterocycles. The summed E-state index contributed by atoms with van der Waals surface area (Å²) in [6, 6.07) is 2.76. The summed E-state index contributed by atoms with van der Waals surface area (Å²) in [6.45, 7) is 1.48. The van der Waals surface area contributed by atoms with Crippen LogP contribution < -0.4 is 10.5 Å². The van der Waals surface area contributed by atoms with Gasteiger partial charge in [0.2, 0.25) is 0 Å². The van der Waals surface area contributed by atoms with E-state index in [1.807, 2.05) is 0 Å². The van der Waals surface area contributed by atoms with E-state index in [0.29, 0.717) is 9.70 Å². The molecular weight excluding hydrogens is 308 g/mol. The highest BCUT2D eigenvalue weighted by atomic mass is 32.1. The molecule has 116 valence electrons. The highest BCUT2D eigenvalue weighted by Crippen LogP contribution is 2.32. The lowest BCUT2D eigenvalue weighted by molar-refractivity contribution is 0.0692. The molecule has 8 heteroatoms. The van der Waals surface area contributed by atoms with Crippen molar-refractivity contribution in [1.82, 2.24) is 4.90 Å². The number of rotatable bonds is 2. The second kappa shape index (κ2) is 5.45. The Balaban J connectivity index is 1.96. The lowest BCUT2D eigenvalue weighted by Gasteiger charge is -2.22. The molecule has 1 aliphatic rings. The standard InChI is InChI=1S/C14H14N2O5S/c1-15(14(20)16-4-2-3-5-16)11-7-9-10(22-11)6-8(12(17)18)13(19)21-9/h6-7H,2-5H2,1H3,(H,17,18). The van der Waals surface area contributed by atoms with Crippen LogP contribution in [-0.2, 0) is 0 Å². The van der Waals surface area contributed by atoms with E-state index in [4.69, 9.17) is 9.52 Å². The Kier molecular flexibility index (Phi) is 3.61. The molecule has 22 heavy (non-hydrogen) atoms. The second-order valence-electron chi connectivity index (χ2n) is 5.10. The maximum absolute atomic E-state index is 12.3. The van der Waals surface area contributed by atoms with Gasteiger partial charge in [-0.15, -0.1) is 11.3 Å². The number of anilines is 1. The van der Waals surface area contributed by atoms with Crippen LogP contribution in [0, 0.1) is 0 Å². The van der Waals surface area contributed by atoms with Gasteiger partial charge in [-0.1, -0.05) is 0 Å². The van der Waals surface area contributed by atoms with Gasteiger partial charge in [-0.05, 0) is 18.9 Å². The van der Waals surface area contributed by atoms with Crippen LogP contribution >= 0.6 is 11.3 Å². The van der Waals surface area contributed by atoms with Crippen LogP contribution in [0.4, 0.5) is 9.80 Å². The number of urea groups is 1. The van der Waals surface area contributed by atoms with Crippen LogP contribution in [0.15, 0.2) is 21.3 Å². The Morgan fingerprint density at radius 2 is 2.00 bits per heavy atom. The minimum atomic E-state index is -1.33. The third-order valence-electron chi connectivity index (χ3n) is 3.63. The van der Waals surface area contributed by atoms with Crippen molar-refractivity contribution in [3.05, 3.63) is 28.1 Å². The van der Waals surface area contributed by atoms with Gasteiger partial charge in [-0.25, -0.2) is 14.4 Å². The Bertz CT molecular complexity index is 803. The van der Waals surface area contributed by atoms with Gasteiger partial charge >= 0.3 is 17.6 Å². The Morgan fingerprint density at radius 1 is 1.32 bits per heavy atom. The molecule has 1 N–H and O–H groups in total. The van der Waals surface area contributed by atoms with Crippen molar-refractivity contribution >= 4 is 38.6 Å². The topological polar surface area (TPSA) is 91.1 Å². The van der Waals surface area contributed by atoms with E-state index in [0.717, 1.165) is 25.9 Å². The van der Waals surface area contributed by atoms with Crippen LogP contribution in [-0.4, -0.2) is 42.1 Å². The fourth-order valence-corrected chi connectivity index (χ4v) is 3.41. The number of carbonyl (C=O) groups is 2. The van der Waals surface area contributed by atoms with Crippen molar-refractivity contribution in [2.75, 3.05) is 25.0 Å². The quantitative estimate of drug-likeness (QED) is 0.915. The fraction of sp³-hybridized carbons (Fsp3) is 0.357. The normalized spacial score (nSPS) is 14.5. The van der Waals surface area contributed by atoms with E-state index < -0.39 is 17.2 Å². The molecule has 2 amide bonds. The van der Waals surface area contributed by atoms with Gasteiger partial charge in [-0.2, -0.15) is 0 Å². The van der Waals surface area contributed by atoms with Gasteiger partial charge < -0.3 is 14.4 Å². The first-order chi connectivity index (χ1) is 10.5. The number of amides is 2. The number of hydrogen-bond acceptors (Lipinski definition) is 5. The number of nitrogens with zero attached hydrogens (tertiary/aromatic N) is 2. The summed E-state index contributed by atoms with van der Waals surface area (Å²) in [7, 11) is 1.65. The predicted molar refractivity (Wildman–Crippen MR) is 81.9 cm³/mol. The van der Waals surface area contributed by atoms with E-state index in [9.17, 15) is 14.4 Å². The van der Waals surface area contributed by atoms with Gasteiger partial charge in [0.15, 0.2) is 5.58 Å². The van der Waals surface area contributed by atoms with Crippen molar-refractivity contribution in [1.29, 1.82) is 0 Å². The zero-order valence-corrected chi connectivity index (χ0v) is 12.7. The monoisotopic (exact) mass is 322 g/mol. The maximum Gasteiger partial charge on any atom is 0.351 e. The molecule has 3 heterocycles. The molecular formula is C14H14N2O5S. The number of carbonyl (C=O) groups excluding carboxylic acids is 1. The van der Waals surface area contributed by atoms with Crippen molar-refractivity contribution in [3.63, 3.8) is 0 Å². The lowest BCUT2D eigenvalue weighted by atomic mass is 10.3. The molecule has 0 radical (unpaired) electrons. The molecule has 1 fully saturated rings. The Hall–Kier alpha value is -2.35. The first-order valence-electron chi connectivity index (χ1n) is 6.81. The third-order valence-corrected chi connectivity index (χ3v) is 4.77.